The van der Waals surface area contributed by atoms with E-state index in [1.165, 1.54) is 0 Å². The van der Waals surface area contributed by atoms with Crippen LogP contribution in [0, 0.1) is 0 Å². The number of primary amides is 1. The van der Waals surface area contributed by atoms with Crippen molar-refractivity contribution in [2.24, 2.45) is 5.73 Å². The van der Waals surface area contributed by atoms with E-state index in [0.717, 1.165) is 18.3 Å². The number of amides is 1. The SMILES string of the molecule is NC(=O)c1cn2c(ccc3c(C(F)(F)F)cc(C(F)(F)C(F)(F)F)nc32)n1. The predicted molar refractivity (Wildman–Crippen MR) is 74.0 cm³/mol. The average molecular weight is 398 g/mol. The highest BCUT2D eigenvalue weighted by Gasteiger charge is 2.60. The molecule has 1 amide bonds. The molecule has 3 aromatic heterocycles. The van der Waals surface area contributed by atoms with Crippen LogP contribution in [0.4, 0.5) is 35.1 Å². The smallest absolute Gasteiger partial charge is 0.364 e. The van der Waals surface area contributed by atoms with Crippen molar-refractivity contribution in [3.8, 4) is 0 Å². The first-order valence-electron chi connectivity index (χ1n) is 6.88. The van der Waals surface area contributed by atoms with Crippen LogP contribution in [0.25, 0.3) is 16.7 Å². The summed E-state index contributed by atoms with van der Waals surface area (Å²) < 4.78 is 106. The summed E-state index contributed by atoms with van der Waals surface area (Å²) in [5.41, 5.74) is -0.441. The number of fused-ring (bicyclic) bond motifs is 3. The number of nitrogens with two attached hydrogens (primary N) is 1. The summed E-state index contributed by atoms with van der Waals surface area (Å²) in [5.74, 6) is -6.73. The summed E-state index contributed by atoms with van der Waals surface area (Å²) in [5, 5.41) is -0.759. The Balaban J connectivity index is 2.46. The van der Waals surface area contributed by atoms with Gasteiger partial charge in [-0.2, -0.15) is 35.1 Å². The molecular formula is C14H6F8N4O. The molecule has 13 heteroatoms. The van der Waals surface area contributed by atoms with Crippen molar-refractivity contribution in [1.82, 2.24) is 14.4 Å². The van der Waals surface area contributed by atoms with Gasteiger partial charge in [-0.15, -0.1) is 0 Å². The molecule has 3 rings (SSSR count). The zero-order valence-corrected chi connectivity index (χ0v) is 12.7. The molecule has 0 radical (unpaired) electrons. The molecule has 0 aliphatic heterocycles. The molecule has 0 fully saturated rings. The van der Waals surface area contributed by atoms with E-state index in [-0.39, 0.29) is 11.7 Å². The van der Waals surface area contributed by atoms with Gasteiger partial charge in [0.2, 0.25) is 0 Å². The Morgan fingerprint density at radius 1 is 1.00 bits per heavy atom. The van der Waals surface area contributed by atoms with E-state index in [2.05, 4.69) is 9.97 Å². The Morgan fingerprint density at radius 2 is 1.63 bits per heavy atom. The van der Waals surface area contributed by atoms with Gasteiger partial charge in [-0.1, -0.05) is 0 Å². The first-order valence-corrected chi connectivity index (χ1v) is 6.88. The molecule has 0 atom stereocenters. The standard InChI is InChI=1S/C14H6F8N4O/c15-12(16,14(20,21)22)8-3-6(13(17,18)19)5-1-2-9-24-7(10(23)27)4-26(9)11(5)25-8/h1-4H,(H2,23,27). The monoisotopic (exact) mass is 398 g/mol. The van der Waals surface area contributed by atoms with Gasteiger partial charge in [-0.05, 0) is 18.2 Å². The molecule has 0 saturated carbocycles. The molecule has 3 aromatic rings. The number of rotatable bonds is 2. The third kappa shape index (κ3) is 2.92. The summed E-state index contributed by atoms with van der Waals surface area (Å²) in [7, 11) is 0. The van der Waals surface area contributed by atoms with E-state index in [4.69, 9.17) is 5.73 Å². The lowest BCUT2D eigenvalue weighted by atomic mass is 10.1. The van der Waals surface area contributed by atoms with Gasteiger partial charge < -0.3 is 5.73 Å². The fraction of sp³-hybridized carbons (Fsp3) is 0.214. The summed E-state index contributed by atoms with van der Waals surface area (Å²) >= 11 is 0. The lowest BCUT2D eigenvalue weighted by Crippen LogP contribution is -2.35. The van der Waals surface area contributed by atoms with Crippen molar-refractivity contribution in [3.05, 3.63) is 41.3 Å². The van der Waals surface area contributed by atoms with E-state index in [1.54, 1.807) is 0 Å². The number of carbonyl (C=O) groups excluding carboxylic acids is 1. The molecule has 27 heavy (non-hydrogen) atoms. The largest absolute Gasteiger partial charge is 0.459 e. The number of halogens is 8. The highest BCUT2D eigenvalue weighted by Crippen LogP contribution is 2.45. The Morgan fingerprint density at radius 3 is 2.15 bits per heavy atom. The Kier molecular flexibility index (Phi) is 3.83. The van der Waals surface area contributed by atoms with Crippen molar-refractivity contribution in [2.75, 3.05) is 0 Å². The van der Waals surface area contributed by atoms with Crippen molar-refractivity contribution in [3.63, 3.8) is 0 Å². The number of hydrogen-bond acceptors (Lipinski definition) is 3. The number of carbonyl (C=O) groups is 1. The minimum atomic E-state index is -6.17. The van der Waals surface area contributed by atoms with Gasteiger partial charge >= 0.3 is 18.3 Å². The zero-order chi connectivity index (χ0) is 20.4. The van der Waals surface area contributed by atoms with E-state index in [0.29, 0.717) is 4.40 Å². The van der Waals surface area contributed by atoms with Crippen molar-refractivity contribution in [1.29, 1.82) is 0 Å². The first kappa shape index (κ1) is 18.8. The number of nitrogens with zero attached hydrogens (tertiary/aromatic N) is 3. The van der Waals surface area contributed by atoms with Crippen molar-refractivity contribution in [2.45, 2.75) is 18.3 Å². The fourth-order valence-corrected chi connectivity index (χ4v) is 2.39. The highest BCUT2D eigenvalue weighted by molar-refractivity contribution is 5.92. The summed E-state index contributed by atoms with van der Waals surface area (Å²) in [4.78, 5) is 17.9. The number of aromatic nitrogens is 3. The quantitative estimate of drug-likeness (QED) is 0.670. The number of hydrogen-bond donors (Lipinski definition) is 1. The van der Waals surface area contributed by atoms with Gasteiger partial charge in [0.1, 0.15) is 22.7 Å². The highest BCUT2D eigenvalue weighted by atomic mass is 19.4. The van der Waals surface area contributed by atoms with Gasteiger partial charge in [-0.25, -0.2) is 9.97 Å². The topological polar surface area (TPSA) is 73.3 Å². The number of imidazole rings is 1. The molecule has 5 nitrogen and oxygen atoms in total. The summed E-state index contributed by atoms with van der Waals surface area (Å²) in [6.07, 6.45) is -10.6. The van der Waals surface area contributed by atoms with Gasteiger partial charge in [0.15, 0.2) is 0 Å². The molecule has 0 bridgehead atoms. The van der Waals surface area contributed by atoms with Crippen LogP contribution in [-0.2, 0) is 12.1 Å². The van der Waals surface area contributed by atoms with Crippen LogP contribution in [0.1, 0.15) is 21.7 Å². The number of pyridine rings is 2. The van der Waals surface area contributed by atoms with Crippen LogP contribution in [0.2, 0.25) is 0 Å². The third-order valence-electron chi connectivity index (χ3n) is 3.63. The molecule has 0 spiro atoms. The fourth-order valence-electron chi connectivity index (χ4n) is 2.39. The Labute approximate surface area is 143 Å². The van der Waals surface area contributed by atoms with Crippen LogP contribution in [0.3, 0.4) is 0 Å². The van der Waals surface area contributed by atoms with Crippen LogP contribution in [0.5, 0.6) is 0 Å². The van der Waals surface area contributed by atoms with E-state index in [1.807, 2.05) is 0 Å². The summed E-state index contributed by atoms with van der Waals surface area (Å²) in [6.45, 7) is 0. The maximum absolute atomic E-state index is 13.6. The van der Waals surface area contributed by atoms with Crippen molar-refractivity contribution >= 4 is 22.6 Å². The lowest BCUT2D eigenvalue weighted by Gasteiger charge is -2.21. The molecule has 0 aromatic carbocycles. The van der Waals surface area contributed by atoms with E-state index in [9.17, 15) is 39.9 Å². The van der Waals surface area contributed by atoms with Gasteiger partial charge in [-0.3, -0.25) is 9.20 Å². The Bertz CT molecular complexity index is 1070. The molecule has 0 aliphatic carbocycles. The normalized spacial score (nSPS) is 13.5. The van der Waals surface area contributed by atoms with E-state index >= 15 is 0 Å². The molecular weight excluding hydrogens is 392 g/mol. The second-order valence-corrected chi connectivity index (χ2v) is 5.41. The van der Waals surface area contributed by atoms with Crippen LogP contribution in [-0.4, -0.2) is 26.5 Å². The lowest BCUT2D eigenvalue weighted by molar-refractivity contribution is -0.291. The minimum Gasteiger partial charge on any atom is -0.364 e. The Hall–Kier alpha value is -2.99. The van der Waals surface area contributed by atoms with E-state index < -0.39 is 52.2 Å². The van der Waals surface area contributed by atoms with Gasteiger partial charge in [0.05, 0.1) is 5.56 Å². The van der Waals surface area contributed by atoms with Gasteiger partial charge in [0, 0.05) is 11.6 Å². The molecule has 3 heterocycles. The molecule has 144 valence electrons. The van der Waals surface area contributed by atoms with Crippen molar-refractivity contribution < 1.29 is 39.9 Å². The van der Waals surface area contributed by atoms with Crippen LogP contribution < -0.4 is 5.73 Å². The third-order valence-corrected chi connectivity index (χ3v) is 3.63. The molecule has 0 unspecified atom stereocenters. The average Bonchev–Trinajstić information content (AvgIpc) is 2.96. The molecule has 0 saturated heterocycles. The minimum absolute atomic E-state index is 0.218. The summed E-state index contributed by atoms with van der Waals surface area (Å²) in [6, 6.07) is 1.45. The zero-order valence-electron chi connectivity index (χ0n) is 12.7. The van der Waals surface area contributed by atoms with Crippen LogP contribution >= 0.6 is 0 Å². The second kappa shape index (κ2) is 5.50. The molecule has 2 N–H and O–H groups in total. The maximum atomic E-state index is 13.6. The predicted octanol–water partition coefficient (Wildman–Crippen LogP) is 3.65. The second-order valence-electron chi connectivity index (χ2n) is 5.41. The number of alkyl halides is 8. The van der Waals surface area contributed by atoms with Gasteiger partial charge in [0.25, 0.3) is 5.91 Å². The first-order chi connectivity index (χ1) is 12.2. The maximum Gasteiger partial charge on any atom is 0.459 e. The van der Waals surface area contributed by atoms with Crippen LogP contribution in [0.15, 0.2) is 24.4 Å². The molecule has 0 aliphatic rings.